The largest absolute Gasteiger partial charge is 0.494 e. The van der Waals surface area contributed by atoms with Gasteiger partial charge in [0.05, 0.1) is 17.2 Å². The molecule has 5 heteroatoms. The second-order valence-corrected chi connectivity index (χ2v) is 8.08. The molecule has 0 aromatic heterocycles. The van der Waals surface area contributed by atoms with E-state index in [0.29, 0.717) is 17.3 Å². The first kappa shape index (κ1) is 16.8. The lowest BCUT2D eigenvalue weighted by Gasteiger charge is -2.26. The quantitative estimate of drug-likeness (QED) is 0.846. The van der Waals surface area contributed by atoms with Crippen molar-refractivity contribution in [1.82, 2.24) is 0 Å². The van der Waals surface area contributed by atoms with Crippen LogP contribution >= 0.6 is 0 Å². The van der Waals surface area contributed by atoms with Gasteiger partial charge in [0.15, 0.2) is 0 Å². The van der Waals surface area contributed by atoms with Crippen LogP contribution in [0, 0.1) is 13.8 Å². The molecular formula is C19H23NO3S. The average Bonchev–Trinajstić information content (AvgIpc) is 2.86. The highest BCUT2D eigenvalue weighted by Crippen LogP contribution is 2.38. The van der Waals surface area contributed by atoms with Gasteiger partial charge in [0.2, 0.25) is 0 Å². The van der Waals surface area contributed by atoms with Crippen LogP contribution in [0.5, 0.6) is 5.75 Å². The zero-order valence-electron chi connectivity index (χ0n) is 14.5. The molecule has 0 fully saturated rings. The van der Waals surface area contributed by atoms with Crippen molar-refractivity contribution >= 4 is 15.7 Å². The Balaban J connectivity index is 2.14. The second-order valence-electron chi connectivity index (χ2n) is 6.30. The van der Waals surface area contributed by atoms with Gasteiger partial charge in [0.1, 0.15) is 5.75 Å². The summed E-state index contributed by atoms with van der Waals surface area (Å²) in [7, 11) is -3.64. The molecule has 0 N–H and O–H groups in total. The van der Waals surface area contributed by atoms with Crippen molar-refractivity contribution < 1.29 is 13.2 Å². The molecule has 3 rings (SSSR count). The third-order valence-corrected chi connectivity index (χ3v) is 6.52. The molecule has 4 nitrogen and oxygen atoms in total. The minimum absolute atomic E-state index is 0.0938. The Morgan fingerprint density at radius 1 is 1.17 bits per heavy atom. The third kappa shape index (κ3) is 2.67. The van der Waals surface area contributed by atoms with E-state index in [1.54, 1.807) is 10.4 Å². The van der Waals surface area contributed by atoms with Crippen molar-refractivity contribution in [2.45, 2.75) is 45.1 Å². The van der Waals surface area contributed by atoms with Gasteiger partial charge in [0.25, 0.3) is 10.0 Å². The predicted molar refractivity (Wildman–Crippen MR) is 96.4 cm³/mol. The van der Waals surface area contributed by atoms with Crippen LogP contribution in [0.15, 0.2) is 41.3 Å². The minimum Gasteiger partial charge on any atom is -0.494 e. The zero-order chi connectivity index (χ0) is 17.5. The molecule has 1 atom stereocenters. The first-order chi connectivity index (χ1) is 11.4. The highest BCUT2D eigenvalue weighted by molar-refractivity contribution is 7.93. The topological polar surface area (TPSA) is 46.6 Å². The van der Waals surface area contributed by atoms with Gasteiger partial charge >= 0.3 is 0 Å². The molecule has 0 amide bonds. The van der Waals surface area contributed by atoms with Crippen LogP contribution in [0.2, 0.25) is 0 Å². The number of fused-ring (bicyclic) bond motifs is 1. The van der Waals surface area contributed by atoms with Gasteiger partial charge in [-0.2, -0.15) is 0 Å². The van der Waals surface area contributed by atoms with Crippen LogP contribution < -0.4 is 9.04 Å². The molecule has 0 saturated carbocycles. The molecule has 0 unspecified atom stereocenters. The van der Waals surface area contributed by atoms with E-state index in [2.05, 4.69) is 0 Å². The van der Waals surface area contributed by atoms with E-state index in [4.69, 9.17) is 4.74 Å². The summed E-state index contributed by atoms with van der Waals surface area (Å²) in [5.41, 5.74) is 3.54. The second kappa shape index (κ2) is 6.13. The average molecular weight is 345 g/mol. The number of ether oxygens (including phenoxy) is 1. The number of sulfonamides is 1. The first-order valence-corrected chi connectivity index (χ1v) is 9.66. The molecule has 0 saturated heterocycles. The van der Waals surface area contributed by atoms with E-state index in [1.807, 2.05) is 58.0 Å². The van der Waals surface area contributed by atoms with Gasteiger partial charge in [-0.1, -0.05) is 24.3 Å². The van der Waals surface area contributed by atoms with Crippen molar-refractivity contribution in [1.29, 1.82) is 0 Å². The van der Waals surface area contributed by atoms with E-state index in [0.717, 1.165) is 28.8 Å². The lowest BCUT2D eigenvalue weighted by molar-refractivity contribution is 0.337. The molecule has 0 radical (unpaired) electrons. The molecule has 24 heavy (non-hydrogen) atoms. The van der Waals surface area contributed by atoms with Crippen LogP contribution in [0.1, 0.15) is 30.5 Å². The summed E-state index contributed by atoms with van der Waals surface area (Å²) in [6.45, 7) is 8.12. The SMILES string of the molecule is CCOc1cc(S(=O)(=O)N2c3ccccc3C[C@@H]2C)c(C)cc1C. The fourth-order valence-corrected chi connectivity index (χ4v) is 5.33. The Labute approximate surface area is 144 Å². The lowest BCUT2D eigenvalue weighted by Crippen LogP contribution is -2.36. The normalized spacial score (nSPS) is 17.0. The number of nitrogens with zero attached hydrogens (tertiary/aromatic N) is 1. The predicted octanol–water partition coefficient (Wildman–Crippen LogP) is 3.84. The van der Waals surface area contributed by atoms with Crippen molar-refractivity contribution in [2.24, 2.45) is 0 Å². The number of hydrogen-bond acceptors (Lipinski definition) is 3. The summed E-state index contributed by atoms with van der Waals surface area (Å²) in [6, 6.07) is 11.2. The lowest BCUT2D eigenvalue weighted by atomic mass is 10.1. The van der Waals surface area contributed by atoms with E-state index in [-0.39, 0.29) is 6.04 Å². The zero-order valence-corrected chi connectivity index (χ0v) is 15.4. The fourth-order valence-electron chi connectivity index (χ4n) is 3.41. The van der Waals surface area contributed by atoms with Crippen LogP contribution in [-0.4, -0.2) is 21.1 Å². The molecule has 2 aromatic rings. The monoisotopic (exact) mass is 345 g/mol. The van der Waals surface area contributed by atoms with E-state index in [9.17, 15) is 8.42 Å². The van der Waals surface area contributed by atoms with Gasteiger partial charge in [-0.05, 0) is 56.9 Å². The fraction of sp³-hybridized carbons (Fsp3) is 0.368. The van der Waals surface area contributed by atoms with Crippen molar-refractivity contribution in [3.8, 4) is 5.75 Å². The number of rotatable bonds is 4. The molecule has 128 valence electrons. The Kier molecular flexibility index (Phi) is 4.30. The molecular weight excluding hydrogens is 322 g/mol. The Hall–Kier alpha value is -2.01. The van der Waals surface area contributed by atoms with E-state index < -0.39 is 10.0 Å². The molecule has 0 bridgehead atoms. The summed E-state index contributed by atoms with van der Waals surface area (Å²) >= 11 is 0. The Morgan fingerprint density at radius 2 is 1.88 bits per heavy atom. The van der Waals surface area contributed by atoms with Gasteiger partial charge in [0, 0.05) is 12.1 Å². The Morgan fingerprint density at radius 3 is 2.58 bits per heavy atom. The number of para-hydroxylation sites is 1. The summed E-state index contributed by atoms with van der Waals surface area (Å²) in [6.07, 6.45) is 0.735. The molecule has 1 heterocycles. The summed E-state index contributed by atoms with van der Waals surface area (Å²) in [5, 5.41) is 0. The van der Waals surface area contributed by atoms with Crippen LogP contribution in [-0.2, 0) is 16.4 Å². The third-order valence-electron chi connectivity index (χ3n) is 4.45. The highest BCUT2D eigenvalue weighted by Gasteiger charge is 2.36. The maximum absolute atomic E-state index is 13.4. The standard InChI is InChI=1S/C19H23NO3S/c1-5-23-18-12-19(14(3)10-13(18)2)24(21,22)20-15(4)11-16-8-6-7-9-17(16)20/h6-10,12,15H,5,11H2,1-4H3/t15-/m0/s1. The van der Waals surface area contributed by atoms with Crippen molar-refractivity contribution in [3.63, 3.8) is 0 Å². The molecule has 0 aliphatic carbocycles. The van der Waals surface area contributed by atoms with E-state index >= 15 is 0 Å². The molecule has 1 aliphatic rings. The summed E-state index contributed by atoms with van der Waals surface area (Å²) in [4.78, 5) is 0.320. The van der Waals surface area contributed by atoms with Crippen molar-refractivity contribution in [2.75, 3.05) is 10.9 Å². The van der Waals surface area contributed by atoms with Gasteiger partial charge < -0.3 is 4.74 Å². The molecule has 2 aromatic carbocycles. The number of benzene rings is 2. The minimum atomic E-state index is -3.64. The molecule has 0 spiro atoms. The smallest absolute Gasteiger partial charge is 0.264 e. The van der Waals surface area contributed by atoms with Crippen LogP contribution in [0.3, 0.4) is 0 Å². The van der Waals surface area contributed by atoms with Crippen LogP contribution in [0.25, 0.3) is 0 Å². The molecule has 1 aliphatic heterocycles. The summed E-state index contributed by atoms with van der Waals surface area (Å²) < 4.78 is 33.9. The summed E-state index contributed by atoms with van der Waals surface area (Å²) in [5.74, 6) is 0.627. The number of anilines is 1. The highest BCUT2D eigenvalue weighted by atomic mass is 32.2. The number of aryl methyl sites for hydroxylation is 2. The van der Waals surface area contributed by atoms with E-state index in [1.165, 1.54) is 0 Å². The van der Waals surface area contributed by atoms with Gasteiger partial charge in [-0.25, -0.2) is 8.42 Å². The van der Waals surface area contributed by atoms with Gasteiger partial charge in [-0.3, -0.25) is 4.31 Å². The number of hydrogen-bond donors (Lipinski definition) is 0. The van der Waals surface area contributed by atoms with Gasteiger partial charge in [-0.15, -0.1) is 0 Å². The maximum atomic E-state index is 13.4. The first-order valence-electron chi connectivity index (χ1n) is 8.22. The maximum Gasteiger partial charge on any atom is 0.264 e. The van der Waals surface area contributed by atoms with Crippen LogP contribution in [0.4, 0.5) is 5.69 Å². The Bertz CT molecular complexity index is 874. The van der Waals surface area contributed by atoms with Crippen molar-refractivity contribution in [3.05, 3.63) is 53.1 Å².